The summed E-state index contributed by atoms with van der Waals surface area (Å²) in [6.07, 6.45) is 3.37. The van der Waals surface area contributed by atoms with Crippen LogP contribution >= 0.6 is 0 Å². The minimum absolute atomic E-state index is 0.284. The average Bonchev–Trinajstić information content (AvgIpc) is 2.68. The molecular weight excluding hydrogens is 215 g/mol. The van der Waals surface area contributed by atoms with Gasteiger partial charge >= 0.3 is 0 Å². The topological polar surface area (TPSA) is 25.2 Å². The van der Waals surface area contributed by atoms with Crippen molar-refractivity contribution in [3.05, 3.63) is 66.2 Å². The summed E-state index contributed by atoms with van der Waals surface area (Å²) in [5.74, 6) is -0.284. The highest BCUT2D eigenvalue weighted by Crippen LogP contribution is 2.35. The van der Waals surface area contributed by atoms with E-state index in [1.54, 1.807) is 36.7 Å². The first-order chi connectivity index (χ1) is 8.27. The molecule has 0 aliphatic carbocycles. The van der Waals surface area contributed by atoms with Crippen LogP contribution in [0.15, 0.2) is 54.3 Å². The fourth-order valence-corrected chi connectivity index (χ4v) is 1.91. The van der Waals surface area contributed by atoms with Gasteiger partial charge in [-0.15, -0.1) is 0 Å². The number of aromatic nitrogens is 1. The Morgan fingerprint density at radius 3 is 2.65 bits per heavy atom. The minimum atomic E-state index is -0.284. The first kappa shape index (κ1) is 9.90. The molecule has 1 aromatic heterocycles. The summed E-state index contributed by atoms with van der Waals surface area (Å²) in [4.78, 5) is 8.43. The Kier molecular flexibility index (Phi) is 2.11. The lowest BCUT2D eigenvalue weighted by Gasteiger charge is -2.03. The molecule has 0 saturated heterocycles. The maximum Gasteiger partial charge on any atom is 0.132 e. The highest BCUT2D eigenvalue weighted by molar-refractivity contribution is 6.35. The number of pyridine rings is 1. The lowest BCUT2D eigenvalue weighted by atomic mass is 10.0. The zero-order valence-corrected chi connectivity index (χ0v) is 9.02. The van der Waals surface area contributed by atoms with Crippen molar-refractivity contribution in [1.29, 1.82) is 0 Å². The van der Waals surface area contributed by atoms with Crippen molar-refractivity contribution in [2.24, 2.45) is 4.99 Å². The van der Waals surface area contributed by atoms with Crippen molar-refractivity contribution >= 4 is 17.0 Å². The molecule has 0 saturated carbocycles. The third-order valence-corrected chi connectivity index (χ3v) is 2.77. The SMILES string of the molecule is C=C1C(c2ccccc2F)=Nc2ccncc21. The van der Waals surface area contributed by atoms with Crippen LogP contribution in [0.4, 0.5) is 10.1 Å². The molecule has 0 unspecified atom stereocenters. The van der Waals surface area contributed by atoms with E-state index in [0.717, 1.165) is 16.8 Å². The number of hydrogen-bond acceptors (Lipinski definition) is 2. The number of rotatable bonds is 1. The van der Waals surface area contributed by atoms with E-state index in [2.05, 4.69) is 16.6 Å². The molecule has 1 aliphatic heterocycles. The molecule has 0 amide bonds. The fourth-order valence-electron chi connectivity index (χ4n) is 1.91. The molecule has 17 heavy (non-hydrogen) atoms. The normalized spacial score (nSPS) is 13.5. The van der Waals surface area contributed by atoms with Crippen molar-refractivity contribution in [2.75, 3.05) is 0 Å². The van der Waals surface area contributed by atoms with Gasteiger partial charge in [-0.3, -0.25) is 4.98 Å². The van der Waals surface area contributed by atoms with Crippen LogP contribution in [0.5, 0.6) is 0 Å². The molecule has 3 rings (SSSR count). The largest absolute Gasteiger partial charge is 0.264 e. The number of fused-ring (bicyclic) bond motifs is 1. The van der Waals surface area contributed by atoms with Gasteiger partial charge in [0.1, 0.15) is 5.82 Å². The Morgan fingerprint density at radius 1 is 1.06 bits per heavy atom. The Balaban J connectivity index is 2.16. The Hall–Kier alpha value is -2.29. The number of aliphatic imine (C=N–C) groups is 1. The lowest BCUT2D eigenvalue weighted by Crippen LogP contribution is -2.01. The van der Waals surface area contributed by atoms with Crippen molar-refractivity contribution in [2.45, 2.75) is 0 Å². The highest BCUT2D eigenvalue weighted by Gasteiger charge is 2.22. The van der Waals surface area contributed by atoms with Crippen LogP contribution < -0.4 is 0 Å². The van der Waals surface area contributed by atoms with E-state index in [4.69, 9.17) is 0 Å². The Labute approximate surface area is 98.2 Å². The summed E-state index contributed by atoms with van der Waals surface area (Å²) < 4.78 is 13.7. The van der Waals surface area contributed by atoms with E-state index in [9.17, 15) is 4.39 Å². The fraction of sp³-hybridized carbons (Fsp3) is 0. The number of hydrogen-bond donors (Lipinski definition) is 0. The van der Waals surface area contributed by atoms with Crippen molar-refractivity contribution < 1.29 is 4.39 Å². The molecule has 0 N–H and O–H groups in total. The van der Waals surface area contributed by atoms with E-state index < -0.39 is 0 Å². The van der Waals surface area contributed by atoms with Crippen molar-refractivity contribution in [3.8, 4) is 0 Å². The van der Waals surface area contributed by atoms with Crippen LogP contribution in [-0.2, 0) is 0 Å². The van der Waals surface area contributed by atoms with Gasteiger partial charge in [0, 0.05) is 29.1 Å². The van der Waals surface area contributed by atoms with Gasteiger partial charge in [0.15, 0.2) is 0 Å². The van der Waals surface area contributed by atoms with Crippen molar-refractivity contribution in [1.82, 2.24) is 4.98 Å². The third kappa shape index (κ3) is 1.47. The average molecular weight is 224 g/mol. The second-order valence-electron chi connectivity index (χ2n) is 3.81. The van der Waals surface area contributed by atoms with Crippen LogP contribution in [0.2, 0.25) is 0 Å². The molecule has 2 nitrogen and oxygen atoms in total. The first-order valence-corrected chi connectivity index (χ1v) is 5.24. The molecular formula is C14H9FN2. The maximum atomic E-state index is 13.7. The molecule has 1 aromatic carbocycles. The van der Waals surface area contributed by atoms with Gasteiger partial charge < -0.3 is 0 Å². The van der Waals surface area contributed by atoms with E-state index in [1.165, 1.54) is 6.07 Å². The van der Waals surface area contributed by atoms with E-state index >= 15 is 0 Å². The number of benzene rings is 1. The van der Waals surface area contributed by atoms with Crippen LogP contribution in [-0.4, -0.2) is 10.7 Å². The summed E-state index contributed by atoms with van der Waals surface area (Å²) in [7, 11) is 0. The number of halogens is 1. The summed E-state index contributed by atoms with van der Waals surface area (Å²) in [6, 6.07) is 8.38. The molecule has 2 heterocycles. The monoisotopic (exact) mass is 224 g/mol. The summed E-state index contributed by atoms with van der Waals surface area (Å²) in [5, 5.41) is 0. The van der Waals surface area contributed by atoms with E-state index in [0.29, 0.717) is 11.3 Å². The predicted molar refractivity (Wildman–Crippen MR) is 65.9 cm³/mol. The van der Waals surface area contributed by atoms with Gasteiger partial charge in [-0.2, -0.15) is 0 Å². The Bertz CT molecular complexity index is 644. The van der Waals surface area contributed by atoms with Crippen molar-refractivity contribution in [3.63, 3.8) is 0 Å². The van der Waals surface area contributed by atoms with E-state index in [-0.39, 0.29) is 5.82 Å². The third-order valence-electron chi connectivity index (χ3n) is 2.77. The lowest BCUT2D eigenvalue weighted by molar-refractivity contribution is 0.625. The van der Waals surface area contributed by atoms with Crippen LogP contribution in [0, 0.1) is 5.82 Å². The van der Waals surface area contributed by atoms with Crippen LogP contribution in [0.25, 0.3) is 5.57 Å². The Morgan fingerprint density at radius 2 is 1.88 bits per heavy atom. The molecule has 0 spiro atoms. The van der Waals surface area contributed by atoms with Gasteiger partial charge in [-0.25, -0.2) is 9.38 Å². The molecule has 0 fully saturated rings. The quantitative estimate of drug-likeness (QED) is 0.729. The molecule has 3 heteroatoms. The number of allylic oxidation sites excluding steroid dienone is 1. The minimum Gasteiger partial charge on any atom is -0.264 e. The second kappa shape index (κ2) is 3.63. The molecule has 82 valence electrons. The van der Waals surface area contributed by atoms with Gasteiger partial charge in [-0.1, -0.05) is 18.7 Å². The molecule has 1 aliphatic rings. The van der Waals surface area contributed by atoms with Crippen LogP contribution in [0.1, 0.15) is 11.1 Å². The van der Waals surface area contributed by atoms with Gasteiger partial charge in [0.2, 0.25) is 0 Å². The summed E-state index contributed by atoms with van der Waals surface area (Å²) >= 11 is 0. The predicted octanol–water partition coefficient (Wildman–Crippen LogP) is 3.37. The molecule has 0 atom stereocenters. The van der Waals surface area contributed by atoms with E-state index in [1.807, 2.05) is 0 Å². The molecule has 0 radical (unpaired) electrons. The summed E-state index contributed by atoms with van der Waals surface area (Å²) in [6.45, 7) is 3.96. The van der Waals surface area contributed by atoms with Gasteiger partial charge in [0.25, 0.3) is 0 Å². The molecule has 0 bridgehead atoms. The summed E-state index contributed by atoms with van der Waals surface area (Å²) in [5.41, 5.74) is 3.45. The smallest absolute Gasteiger partial charge is 0.132 e. The van der Waals surface area contributed by atoms with Gasteiger partial charge in [0.05, 0.1) is 11.4 Å². The van der Waals surface area contributed by atoms with Crippen LogP contribution in [0.3, 0.4) is 0 Å². The standard InChI is InChI=1S/C14H9FN2/c1-9-11-8-16-7-6-13(11)17-14(9)10-4-2-3-5-12(10)15/h2-8H,1H2. The highest BCUT2D eigenvalue weighted by atomic mass is 19.1. The van der Waals surface area contributed by atoms with Gasteiger partial charge in [-0.05, 0) is 18.2 Å². The second-order valence-corrected chi connectivity index (χ2v) is 3.81. The maximum absolute atomic E-state index is 13.7. The zero-order chi connectivity index (χ0) is 11.8. The molecule has 2 aromatic rings. The zero-order valence-electron chi connectivity index (χ0n) is 9.02. The number of nitrogens with zero attached hydrogens (tertiary/aromatic N) is 2. The first-order valence-electron chi connectivity index (χ1n) is 5.24.